The molecule has 0 atom stereocenters. The molecule has 2 aromatic carbocycles. The van der Waals surface area contributed by atoms with E-state index in [4.69, 9.17) is 11.6 Å². The van der Waals surface area contributed by atoms with Gasteiger partial charge >= 0.3 is 0 Å². The monoisotopic (exact) mass is 289 g/mol. The third-order valence-corrected chi connectivity index (χ3v) is 4.05. The van der Waals surface area contributed by atoms with Crippen molar-refractivity contribution in [3.63, 3.8) is 0 Å². The number of nitrogens with one attached hydrogen (secondary N) is 1. The van der Waals surface area contributed by atoms with Gasteiger partial charge in [-0.2, -0.15) is 0 Å². The Balaban J connectivity index is 1.96. The van der Waals surface area contributed by atoms with Gasteiger partial charge in [-0.15, -0.1) is 11.6 Å². The standard InChI is InChI=1S/C18H24ClN/c1-18(2,11-6-12-19)14-20-13-16-9-5-8-15-7-3-4-10-17(15)16/h3-5,7-10,20H,6,11-14H2,1-2H3. The summed E-state index contributed by atoms with van der Waals surface area (Å²) in [5.74, 6) is 0.757. The molecule has 1 N–H and O–H groups in total. The van der Waals surface area contributed by atoms with Crippen molar-refractivity contribution in [2.24, 2.45) is 5.41 Å². The Labute approximate surface area is 127 Å². The average molecular weight is 290 g/mol. The largest absolute Gasteiger partial charge is 0.312 e. The van der Waals surface area contributed by atoms with Gasteiger partial charge in [0.1, 0.15) is 0 Å². The third-order valence-electron chi connectivity index (χ3n) is 3.79. The number of fused-ring (bicyclic) bond motifs is 1. The number of hydrogen-bond acceptors (Lipinski definition) is 1. The summed E-state index contributed by atoms with van der Waals surface area (Å²) in [6.07, 6.45) is 2.25. The molecule has 2 rings (SSSR count). The van der Waals surface area contributed by atoms with Crippen LogP contribution in [0, 0.1) is 5.41 Å². The van der Waals surface area contributed by atoms with E-state index in [0.29, 0.717) is 5.41 Å². The van der Waals surface area contributed by atoms with E-state index < -0.39 is 0 Å². The van der Waals surface area contributed by atoms with E-state index in [9.17, 15) is 0 Å². The Morgan fingerprint density at radius 2 is 1.80 bits per heavy atom. The molecular formula is C18H24ClN. The number of hydrogen-bond donors (Lipinski definition) is 1. The van der Waals surface area contributed by atoms with Gasteiger partial charge < -0.3 is 5.32 Å². The van der Waals surface area contributed by atoms with Crippen LogP contribution in [0.1, 0.15) is 32.3 Å². The summed E-state index contributed by atoms with van der Waals surface area (Å²) >= 11 is 5.78. The first-order chi connectivity index (χ1) is 9.62. The molecule has 2 aromatic rings. The molecule has 0 bridgehead atoms. The van der Waals surface area contributed by atoms with Crippen molar-refractivity contribution in [2.45, 2.75) is 33.2 Å². The highest BCUT2D eigenvalue weighted by Gasteiger charge is 2.16. The summed E-state index contributed by atoms with van der Waals surface area (Å²) in [6, 6.07) is 15.1. The third kappa shape index (κ3) is 4.22. The van der Waals surface area contributed by atoms with Crippen LogP contribution in [0.3, 0.4) is 0 Å². The fourth-order valence-corrected chi connectivity index (χ4v) is 2.75. The minimum Gasteiger partial charge on any atom is -0.312 e. The number of alkyl halides is 1. The number of benzene rings is 2. The van der Waals surface area contributed by atoms with Crippen LogP contribution in [-0.4, -0.2) is 12.4 Å². The molecule has 20 heavy (non-hydrogen) atoms. The predicted octanol–water partition coefficient (Wildman–Crippen LogP) is 4.97. The van der Waals surface area contributed by atoms with Gasteiger partial charge in [0, 0.05) is 19.0 Å². The van der Waals surface area contributed by atoms with Crippen LogP contribution in [0.15, 0.2) is 42.5 Å². The SMILES string of the molecule is CC(C)(CCCCl)CNCc1cccc2ccccc12. The van der Waals surface area contributed by atoms with Gasteiger partial charge in [-0.3, -0.25) is 0 Å². The van der Waals surface area contributed by atoms with Crippen molar-refractivity contribution in [2.75, 3.05) is 12.4 Å². The van der Waals surface area contributed by atoms with E-state index >= 15 is 0 Å². The maximum atomic E-state index is 5.78. The minimum atomic E-state index is 0.305. The van der Waals surface area contributed by atoms with E-state index in [1.54, 1.807) is 0 Å². The summed E-state index contributed by atoms with van der Waals surface area (Å²) in [5, 5.41) is 6.26. The van der Waals surface area contributed by atoms with Crippen molar-refractivity contribution >= 4 is 22.4 Å². The van der Waals surface area contributed by atoms with E-state index in [1.807, 2.05) is 0 Å². The summed E-state index contributed by atoms with van der Waals surface area (Å²) in [4.78, 5) is 0. The van der Waals surface area contributed by atoms with Crippen LogP contribution in [0.25, 0.3) is 10.8 Å². The second kappa shape index (κ2) is 7.10. The Hall–Kier alpha value is -1.05. The highest BCUT2D eigenvalue weighted by molar-refractivity contribution is 6.17. The topological polar surface area (TPSA) is 12.0 Å². The predicted molar refractivity (Wildman–Crippen MR) is 89.4 cm³/mol. The molecule has 1 nitrogen and oxygen atoms in total. The van der Waals surface area contributed by atoms with Crippen LogP contribution in [0.2, 0.25) is 0 Å². The first-order valence-electron chi connectivity index (χ1n) is 7.36. The zero-order valence-corrected chi connectivity index (χ0v) is 13.2. The molecule has 0 aromatic heterocycles. The number of rotatable bonds is 7. The van der Waals surface area contributed by atoms with E-state index in [2.05, 4.69) is 61.6 Å². The van der Waals surface area contributed by atoms with Crippen LogP contribution < -0.4 is 5.32 Å². The molecule has 2 heteroatoms. The van der Waals surface area contributed by atoms with Gasteiger partial charge in [0.25, 0.3) is 0 Å². The van der Waals surface area contributed by atoms with Gasteiger partial charge in [0.2, 0.25) is 0 Å². The Morgan fingerprint density at radius 1 is 1.05 bits per heavy atom. The lowest BCUT2D eigenvalue weighted by Crippen LogP contribution is -2.29. The number of halogens is 1. The van der Waals surface area contributed by atoms with E-state index in [-0.39, 0.29) is 0 Å². The van der Waals surface area contributed by atoms with Crippen LogP contribution >= 0.6 is 11.6 Å². The lowest BCUT2D eigenvalue weighted by atomic mass is 9.88. The lowest BCUT2D eigenvalue weighted by Gasteiger charge is -2.25. The molecule has 0 radical (unpaired) electrons. The first-order valence-corrected chi connectivity index (χ1v) is 7.89. The molecule has 0 saturated heterocycles. The highest BCUT2D eigenvalue weighted by atomic mass is 35.5. The summed E-state index contributed by atoms with van der Waals surface area (Å²) in [7, 11) is 0. The first kappa shape index (κ1) is 15.3. The summed E-state index contributed by atoms with van der Waals surface area (Å²) < 4.78 is 0. The van der Waals surface area contributed by atoms with Crippen LogP contribution in [0.5, 0.6) is 0 Å². The van der Waals surface area contributed by atoms with Crippen molar-refractivity contribution in [1.82, 2.24) is 5.32 Å². The normalized spacial score (nSPS) is 11.9. The van der Waals surface area contributed by atoms with Crippen LogP contribution in [-0.2, 0) is 6.54 Å². The lowest BCUT2D eigenvalue weighted by molar-refractivity contribution is 0.311. The zero-order chi connectivity index (χ0) is 14.4. The Kier molecular flexibility index (Phi) is 5.45. The van der Waals surface area contributed by atoms with Gasteiger partial charge in [-0.25, -0.2) is 0 Å². The molecule has 0 amide bonds. The molecule has 0 unspecified atom stereocenters. The quantitative estimate of drug-likeness (QED) is 0.709. The van der Waals surface area contributed by atoms with Gasteiger partial charge in [0.15, 0.2) is 0 Å². The van der Waals surface area contributed by atoms with Crippen molar-refractivity contribution in [3.05, 3.63) is 48.0 Å². The second-order valence-electron chi connectivity index (χ2n) is 6.20. The summed E-state index contributed by atoms with van der Waals surface area (Å²) in [5.41, 5.74) is 1.68. The molecule has 108 valence electrons. The van der Waals surface area contributed by atoms with E-state index in [1.165, 1.54) is 22.8 Å². The molecule has 0 aliphatic carbocycles. The van der Waals surface area contributed by atoms with Crippen LogP contribution in [0.4, 0.5) is 0 Å². The Bertz CT molecular complexity index is 543. The Morgan fingerprint density at radius 3 is 2.60 bits per heavy atom. The highest BCUT2D eigenvalue weighted by Crippen LogP contribution is 2.22. The molecule has 0 heterocycles. The van der Waals surface area contributed by atoms with Gasteiger partial charge in [0.05, 0.1) is 0 Å². The molecule has 0 fully saturated rings. The van der Waals surface area contributed by atoms with Gasteiger partial charge in [-0.05, 0) is 34.6 Å². The van der Waals surface area contributed by atoms with Crippen molar-refractivity contribution < 1.29 is 0 Å². The maximum absolute atomic E-state index is 5.78. The molecule has 0 spiro atoms. The fraction of sp³-hybridized carbons (Fsp3) is 0.444. The average Bonchev–Trinajstić information content (AvgIpc) is 2.45. The minimum absolute atomic E-state index is 0.305. The fourth-order valence-electron chi connectivity index (χ4n) is 2.62. The van der Waals surface area contributed by atoms with Crippen molar-refractivity contribution in [3.8, 4) is 0 Å². The van der Waals surface area contributed by atoms with Crippen molar-refractivity contribution in [1.29, 1.82) is 0 Å². The molecule has 0 aliphatic heterocycles. The zero-order valence-electron chi connectivity index (χ0n) is 12.5. The molecule has 0 saturated carbocycles. The smallest absolute Gasteiger partial charge is 0.0223 e. The van der Waals surface area contributed by atoms with E-state index in [0.717, 1.165) is 25.4 Å². The maximum Gasteiger partial charge on any atom is 0.0223 e. The molecule has 0 aliphatic rings. The summed E-state index contributed by atoms with van der Waals surface area (Å²) in [6.45, 7) is 6.55. The second-order valence-corrected chi connectivity index (χ2v) is 6.58. The molecular weight excluding hydrogens is 266 g/mol. The van der Waals surface area contributed by atoms with Gasteiger partial charge in [-0.1, -0.05) is 56.3 Å².